The number of ether oxygens (including phenoxy) is 1. The maximum Gasteiger partial charge on any atom is 0.154 e. The lowest BCUT2D eigenvalue weighted by molar-refractivity contribution is 0.0652. The smallest absolute Gasteiger partial charge is 0.154 e. The number of halogens is 1. The number of hydrogen-bond acceptors (Lipinski definition) is 3. The number of nitrogens with one attached hydrogen (secondary N) is 1. The summed E-state index contributed by atoms with van der Waals surface area (Å²) in [4.78, 5) is 0. The van der Waals surface area contributed by atoms with Gasteiger partial charge in [-0.15, -0.1) is 0 Å². The average Bonchev–Trinajstić information content (AvgIpc) is 2.69. The molecule has 0 saturated carbocycles. The maximum atomic E-state index is 6.19. The normalized spacial score (nSPS) is 22.1. The summed E-state index contributed by atoms with van der Waals surface area (Å²) in [6, 6.07) is 0.467. The lowest BCUT2D eigenvalue weighted by Crippen LogP contribution is -2.28. The van der Waals surface area contributed by atoms with E-state index in [1.165, 1.54) is 11.3 Å². The number of nitrogens with zero attached hydrogens (tertiary/aromatic N) is 2. The Kier molecular flexibility index (Phi) is 2.88. The van der Waals surface area contributed by atoms with E-state index in [2.05, 4.69) is 15.1 Å². The van der Waals surface area contributed by atoms with Crippen molar-refractivity contribution < 1.29 is 4.74 Å². The molecule has 88 valence electrons. The van der Waals surface area contributed by atoms with Crippen LogP contribution in [0.15, 0.2) is 0 Å². The highest BCUT2D eigenvalue weighted by molar-refractivity contribution is 6.30. The number of fused-ring (bicyclic) bond motifs is 1. The summed E-state index contributed by atoms with van der Waals surface area (Å²) in [5.41, 5.74) is 2.52. The second-order valence-electron chi connectivity index (χ2n) is 4.43. The van der Waals surface area contributed by atoms with E-state index in [1.54, 1.807) is 0 Å². The molecule has 1 aromatic heterocycles. The van der Waals surface area contributed by atoms with E-state index in [0.717, 1.165) is 45.6 Å². The molecule has 5 heteroatoms. The zero-order valence-corrected chi connectivity index (χ0v) is 9.96. The van der Waals surface area contributed by atoms with E-state index in [-0.39, 0.29) is 0 Å². The first-order valence-electron chi connectivity index (χ1n) is 5.90. The van der Waals surface area contributed by atoms with E-state index in [9.17, 15) is 0 Å². The minimum Gasteiger partial charge on any atom is -0.381 e. The molecule has 0 bridgehead atoms. The van der Waals surface area contributed by atoms with E-state index in [0.29, 0.717) is 11.2 Å². The molecule has 0 radical (unpaired) electrons. The summed E-state index contributed by atoms with van der Waals surface area (Å²) in [5, 5.41) is 8.58. The van der Waals surface area contributed by atoms with Crippen LogP contribution in [-0.4, -0.2) is 29.5 Å². The van der Waals surface area contributed by atoms with Crippen molar-refractivity contribution in [2.75, 3.05) is 19.8 Å². The quantitative estimate of drug-likeness (QED) is 0.811. The molecular weight excluding hydrogens is 226 g/mol. The van der Waals surface area contributed by atoms with Gasteiger partial charge in [0.05, 0.1) is 11.7 Å². The molecule has 2 aliphatic heterocycles. The third-order valence-corrected chi connectivity index (χ3v) is 3.75. The first kappa shape index (κ1) is 10.6. The topological polar surface area (TPSA) is 39.1 Å². The second-order valence-corrected chi connectivity index (χ2v) is 4.79. The lowest BCUT2D eigenvalue weighted by atomic mass is 10.1. The molecule has 0 aliphatic carbocycles. The Bertz CT molecular complexity index is 385. The highest BCUT2D eigenvalue weighted by Crippen LogP contribution is 2.29. The van der Waals surface area contributed by atoms with Gasteiger partial charge < -0.3 is 10.1 Å². The zero-order valence-electron chi connectivity index (χ0n) is 9.21. The third-order valence-electron chi connectivity index (χ3n) is 3.45. The number of aromatic nitrogens is 2. The van der Waals surface area contributed by atoms with Crippen LogP contribution < -0.4 is 5.32 Å². The van der Waals surface area contributed by atoms with Gasteiger partial charge in [0.2, 0.25) is 0 Å². The van der Waals surface area contributed by atoms with Gasteiger partial charge in [-0.1, -0.05) is 11.6 Å². The Labute approximate surface area is 99.9 Å². The van der Waals surface area contributed by atoms with Crippen LogP contribution in [0.5, 0.6) is 0 Å². The molecule has 0 atom stereocenters. The first-order chi connectivity index (χ1) is 7.86. The summed E-state index contributed by atoms with van der Waals surface area (Å²) < 4.78 is 7.51. The molecule has 4 nitrogen and oxygen atoms in total. The molecule has 2 aliphatic rings. The second kappa shape index (κ2) is 4.35. The van der Waals surface area contributed by atoms with Crippen molar-refractivity contribution in [1.82, 2.24) is 15.1 Å². The minimum atomic E-state index is 0.467. The van der Waals surface area contributed by atoms with E-state index in [1.807, 2.05) is 0 Å². The Hall–Kier alpha value is -0.580. The van der Waals surface area contributed by atoms with Gasteiger partial charge >= 0.3 is 0 Å². The molecule has 0 amide bonds. The monoisotopic (exact) mass is 241 g/mol. The predicted molar refractivity (Wildman–Crippen MR) is 61.7 cm³/mol. The Morgan fingerprint density at radius 3 is 3.00 bits per heavy atom. The van der Waals surface area contributed by atoms with Crippen molar-refractivity contribution in [3.8, 4) is 0 Å². The minimum absolute atomic E-state index is 0.467. The molecule has 0 spiro atoms. The zero-order chi connectivity index (χ0) is 11.0. The van der Waals surface area contributed by atoms with Crippen LogP contribution in [0.4, 0.5) is 0 Å². The molecule has 1 N–H and O–H groups in total. The Morgan fingerprint density at radius 2 is 2.19 bits per heavy atom. The SMILES string of the molecule is Clc1nn(C2CCOCC2)c2c1CCNC2. The summed E-state index contributed by atoms with van der Waals surface area (Å²) in [6.07, 6.45) is 3.09. The summed E-state index contributed by atoms with van der Waals surface area (Å²) >= 11 is 6.19. The average molecular weight is 242 g/mol. The first-order valence-corrected chi connectivity index (χ1v) is 6.28. The third kappa shape index (κ3) is 1.75. The summed E-state index contributed by atoms with van der Waals surface area (Å²) in [5.74, 6) is 0. The molecule has 16 heavy (non-hydrogen) atoms. The molecule has 0 aromatic carbocycles. The van der Waals surface area contributed by atoms with E-state index >= 15 is 0 Å². The Morgan fingerprint density at radius 1 is 1.38 bits per heavy atom. The van der Waals surface area contributed by atoms with Crippen molar-refractivity contribution in [3.05, 3.63) is 16.4 Å². The van der Waals surface area contributed by atoms with Gasteiger partial charge in [0, 0.05) is 25.3 Å². The van der Waals surface area contributed by atoms with Gasteiger partial charge in [-0.3, -0.25) is 4.68 Å². The van der Waals surface area contributed by atoms with Gasteiger partial charge in [0.15, 0.2) is 5.15 Å². The maximum absolute atomic E-state index is 6.19. The van der Waals surface area contributed by atoms with Crippen molar-refractivity contribution in [1.29, 1.82) is 0 Å². The van der Waals surface area contributed by atoms with Crippen LogP contribution in [0.1, 0.15) is 30.1 Å². The summed E-state index contributed by atoms with van der Waals surface area (Å²) in [7, 11) is 0. The molecule has 3 rings (SSSR count). The molecule has 0 unspecified atom stereocenters. The van der Waals surface area contributed by atoms with Gasteiger partial charge in [-0.05, 0) is 25.8 Å². The predicted octanol–water partition coefficient (Wildman–Crippen LogP) is 1.53. The highest BCUT2D eigenvalue weighted by atomic mass is 35.5. The Balaban J connectivity index is 1.93. The van der Waals surface area contributed by atoms with Crippen LogP contribution in [0.3, 0.4) is 0 Å². The van der Waals surface area contributed by atoms with Crippen molar-refractivity contribution >= 4 is 11.6 Å². The lowest BCUT2D eigenvalue weighted by Gasteiger charge is -2.25. The van der Waals surface area contributed by atoms with E-state index < -0.39 is 0 Å². The molecular formula is C11H16ClN3O. The van der Waals surface area contributed by atoms with Crippen LogP contribution >= 0.6 is 11.6 Å². The molecule has 1 saturated heterocycles. The standard InChI is InChI=1S/C11H16ClN3O/c12-11-9-1-4-13-7-10(9)15(14-11)8-2-5-16-6-3-8/h8,13H,1-7H2. The van der Waals surface area contributed by atoms with E-state index in [4.69, 9.17) is 16.3 Å². The van der Waals surface area contributed by atoms with Crippen LogP contribution in [0, 0.1) is 0 Å². The van der Waals surface area contributed by atoms with Crippen LogP contribution in [0.25, 0.3) is 0 Å². The van der Waals surface area contributed by atoms with Crippen molar-refractivity contribution in [2.24, 2.45) is 0 Å². The van der Waals surface area contributed by atoms with Gasteiger partial charge in [0.25, 0.3) is 0 Å². The van der Waals surface area contributed by atoms with Crippen LogP contribution in [-0.2, 0) is 17.7 Å². The highest BCUT2D eigenvalue weighted by Gasteiger charge is 2.25. The fraction of sp³-hybridized carbons (Fsp3) is 0.727. The summed E-state index contributed by atoms with van der Waals surface area (Å²) in [6.45, 7) is 3.58. The number of rotatable bonds is 1. The fourth-order valence-electron chi connectivity index (χ4n) is 2.56. The number of hydrogen-bond donors (Lipinski definition) is 1. The van der Waals surface area contributed by atoms with Gasteiger partial charge in [0.1, 0.15) is 0 Å². The van der Waals surface area contributed by atoms with Crippen molar-refractivity contribution in [3.63, 3.8) is 0 Å². The molecule has 3 heterocycles. The van der Waals surface area contributed by atoms with Gasteiger partial charge in [-0.25, -0.2) is 0 Å². The fourth-order valence-corrected chi connectivity index (χ4v) is 2.84. The molecule has 1 aromatic rings. The van der Waals surface area contributed by atoms with Gasteiger partial charge in [-0.2, -0.15) is 5.10 Å². The molecule has 1 fully saturated rings. The van der Waals surface area contributed by atoms with Crippen LogP contribution in [0.2, 0.25) is 5.15 Å². The largest absolute Gasteiger partial charge is 0.381 e. The van der Waals surface area contributed by atoms with Crippen molar-refractivity contribution in [2.45, 2.75) is 31.8 Å².